The Bertz CT molecular complexity index is 120. The minimum atomic E-state index is 0.400. The van der Waals surface area contributed by atoms with Gasteiger partial charge in [0.2, 0.25) is 0 Å². The van der Waals surface area contributed by atoms with Crippen molar-refractivity contribution in [2.75, 3.05) is 31.2 Å². The highest BCUT2D eigenvalue weighted by Gasteiger charge is 2.35. The van der Waals surface area contributed by atoms with Gasteiger partial charge in [-0.05, 0) is 42.3 Å². The van der Waals surface area contributed by atoms with Crippen molar-refractivity contribution in [2.24, 2.45) is 17.8 Å². The Kier molecular flexibility index (Phi) is 2.39. The number of nitrogens with one attached hydrogen (secondary N) is 1. The summed E-state index contributed by atoms with van der Waals surface area (Å²) < 4.78 is 0. The molecule has 11 heavy (non-hydrogen) atoms. The van der Waals surface area contributed by atoms with Crippen LogP contribution in [0, 0.1) is 17.8 Å². The predicted octanol–water partition coefficient (Wildman–Crippen LogP) is 0.177. The maximum Gasteiger partial charge on any atom is 0.0466 e. The molecule has 2 aliphatic heterocycles. The first-order valence-electron chi connectivity index (χ1n) is 4.31. The zero-order chi connectivity index (χ0) is 7.68. The van der Waals surface area contributed by atoms with Crippen LogP contribution < -0.4 is 5.32 Å². The van der Waals surface area contributed by atoms with Crippen LogP contribution in [-0.2, 0) is 0 Å². The summed E-state index contributed by atoms with van der Waals surface area (Å²) in [4.78, 5) is 0. The Balaban J connectivity index is 2.04. The highest BCUT2D eigenvalue weighted by molar-refractivity contribution is 7.99. The van der Waals surface area contributed by atoms with Gasteiger partial charge in [0.1, 0.15) is 0 Å². The van der Waals surface area contributed by atoms with Crippen molar-refractivity contribution in [3.05, 3.63) is 0 Å². The van der Waals surface area contributed by atoms with Gasteiger partial charge in [0.25, 0.3) is 0 Å². The van der Waals surface area contributed by atoms with Crippen molar-refractivity contribution in [1.82, 2.24) is 5.32 Å². The molecule has 0 aromatic carbocycles. The van der Waals surface area contributed by atoms with E-state index in [2.05, 4.69) is 17.1 Å². The summed E-state index contributed by atoms with van der Waals surface area (Å²) in [6, 6.07) is 0. The third-order valence-corrected chi connectivity index (χ3v) is 4.23. The molecule has 0 saturated carbocycles. The molecule has 0 spiro atoms. The molecule has 0 amide bonds. The van der Waals surface area contributed by atoms with E-state index in [-0.39, 0.29) is 0 Å². The first-order chi connectivity index (χ1) is 5.42. The lowest BCUT2D eigenvalue weighted by Crippen LogP contribution is -2.49. The van der Waals surface area contributed by atoms with Crippen LogP contribution >= 0.6 is 11.8 Å². The maximum absolute atomic E-state index is 9.16. The molecule has 0 aliphatic carbocycles. The lowest BCUT2D eigenvalue weighted by Gasteiger charge is -2.41. The zero-order valence-corrected chi connectivity index (χ0v) is 7.44. The fourth-order valence-corrected chi connectivity index (χ4v) is 3.65. The van der Waals surface area contributed by atoms with E-state index in [9.17, 15) is 0 Å². The van der Waals surface area contributed by atoms with Crippen molar-refractivity contribution in [1.29, 1.82) is 0 Å². The normalized spacial score (nSPS) is 43.9. The van der Waals surface area contributed by atoms with Gasteiger partial charge in [-0.25, -0.2) is 0 Å². The SMILES string of the molecule is OCC1C2CNCC1CSC2. The van der Waals surface area contributed by atoms with Crippen molar-refractivity contribution >= 4 is 11.8 Å². The molecule has 2 heterocycles. The molecule has 2 fully saturated rings. The molecule has 2 saturated heterocycles. The number of fused-ring (bicyclic) bond motifs is 2. The van der Waals surface area contributed by atoms with E-state index in [1.165, 1.54) is 11.5 Å². The highest BCUT2D eigenvalue weighted by atomic mass is 32.2. The lowest BCUT2D eigenvalue weighted by molar-refractivity contribution is 0.108. The summed E-state index contributed by atoms with van der Waals surface area (Å²) in [7, 11) is 0. The van der Waals surface area contributed by atoms with Gasteiger partial charge in [0.05, 0.1) is 0 Å². The average Bonchev–Trinajstić information content (AvgIpc) is 2.03. The van der Waals surface area contributed by atoms with Crippen molar-refractivity contribution < 1.29 is 5.11 Å². The van der Waals surface area contributed by atoms with E-state index in [1.807, 2.05) is 0 Å². The summed E-state index contributed by atoms with van der Waals surface area (Å²) in [6.07, 6.45) is 0. The quantitative estimate of drug-likeness (QED) is 0.593. The van der Waals surface area contributed by atoms with Gasteiger partial charge < -0.3 is 10.4 Å². The monoisotopic (exact) mass is 173 g/mol. The van der Waals surface area contributed by atoms with Gasteiger partial charge in [-0.15, -0.1) is 0 Å². The average molecular weight is 173 g/mol. The summed E-state index contributed by atoms with van der Waals surface area (Å²) in [5, 5.41) is 12.6. The van der Waals surface area contributed by atoms with Crippen LogP contribution in [0.15, 0.2) is 0 Å². The standard InChI is InChI=1S/C8H15NOS/c10-3-8-6-1-9-2-7(8)5-11-4-6/h6-10H,1-5H2. The van der Waals surface area contributed by atoms with Crippen LogP contribution in [0.4, 0.5) is 0 Å². The van der Waals surface area contributed by atoms with E-state index in [0.29, 0.717) is 12.5 Å². The predicted molar refractivity (Wildman–Crippen MR) is 47.8 cm³/mol. The number of thioether (sulfide) groups is 1. The maximum atomic E-state index is 9.16. The smallest absolute Gasteiger partial charge is 0.0466 e. The molecule has 2 aliphatic rings. The molecule has 0 aromatic heterocycles. The molecule has 3 heteroatoms. The molecule has 2 bridgehead atoms. The topological polar surface area (TPSA) is 32.3 Å². The van der Waals surface area contributed by atoms with E-state index in [4.69, 9.17) is 5.11 Å². The molecular formula is C8H15NOS. The zero-order valence-electron chi connectivity index (χ0n) is 6.62. The van der Waals surface area contributed by atoms with E-state index in [0.717, 1.165) is 24.9 Å². The van der Waals surface area contributed by atoms with Gasteiger partial charge in [0.15, 0.2) is 0 Å². The van der Waals surface area contributed by atoms with Crippen LogP contribution in [-0.4, -0.2) is 36.3 Å². The lowest BCUT2D eigenvalue weighted by atomic mass is 9.80. The van der Waals surface area contributed by atoms with Gasteiger partial charge in [-0.1, -0.05) is 0 Å². The van der Waals surface area contributed by atoms with Crippen LogP contribution in [0.1, 0.15) is 0 Å². The van der Waals surface area contributed by atoms with Crippen LogP contribution in [0.5, 0.6) is 0 Å². The Morgan fingerprint density at radius 1 is 1.27 bits per heavy atom. The van der Waals surface area contributed by atoms with Gasteiger partial charge in [-0.2, -0.15) is 11.8 Å². The minimum absolute atomic E-state index is 0.400. The largest absolute Gasteiger partial charge is 0.396 e. The summed E-state index contributed by atoms with van der Waals surface area (Å²) in [5.41, 5.74) is 0. The molecule has 0 aromatic rings. The van der Waals surface area contributed by atoms with Crippen LogP contribution in [0.3, 0.4) is 0 Å². The Morgan fingerprint density at radius 3 is 2.36 bits per heavy atom. The number of aliphatic hydroxyl groups excluding tert-OH is 1. The molecule has 0 radical (unpaired) electrons. The van der Waals surface area contributed by atoms with E-state index in [1.54, 1.807) is 0 Å². The summed E-state index contributed by atoms with van der Waals surface area (Å²) in [6.45, 7) is 2.64. The Hall–Kier alpha value is 0.270. The molecule has 2 N–H and O–H groups in total. The number of rotatable bonds is 1. The molecule has 2 nitrogen and oxygen atoms in total. The molecular weight excluding hydrogens is 158 g/mol. The first-order valence-corrected chi connectivity index (χ1v) is 5.46. The van der Waals surface area contributed by atoms with E-state index >= 15 is 0 Å². The second-order valence-corrected chi connectivity index (χ2v) is 4.64. The fraction of sp³-hybridized carbons (Fsp3) is 1.00. The van der Waals surface area contributed by atoms with E-state index < -0.39 is 0 Å². The molecule has 2 rings (SSSR count). The number of aliphatic hydroxyl groups is 1. The summed E-state index contributed by atoms with van der Waals surface area (Å²) in [5.74, 6) is 4.55. The van der Waals surface area contributed by atoms with Gasteiger partial charge in [0, 0.05) is 6.61 Å². The number of hydrogen-bond donors (Lipinski definition) is 2. The first kappa shape index (κ1) is 7.90. The van der Waals surface area contributed by atoms with Crippen LogP contribution in [0.2, 0.25) is 0 Å². The fourth-order valence-electron chi connectivity index (χ4n) is 2.18. The number of piperidine rings is 1. The number of hydrogen-bond acceptors (Lipinski definition) is 3. The second-order valence-electron chi connectivity index (χ2n) is 3.56. The van der Waals surface area contributed by atoms with Gasteiger partial charge in [-0.3, -0.25) is 0 Å². The molecule has 64 valence electrons. The Labute approximate surface area is 71.7 Å². The van der Waals surface area contributed by atoms with Crippen LogP contribution in [0.25, 0.3) is 0 Å². The third-order valence-electron chi connectivity index (χ3n) is 2.90. The molecule has 2 unspecified atom stereocenters. The minimum Gasteiger partial charge on any atom is -0.396 e. The Morgan fingerprint density at radius 2 is 1.91 bits per heavy atom. The van der Waals surface area contributed by atoms with Crippen molar-refractivity contribution in [3.8, 4) is 0 Å². The van der Waals surface area contributed by atoms with Gasteiger partial charge >= 0.3 is 0 Å². The van der Waals surface area contributed by atoms with Crippen molar-refractivity contribution in [3.63, 3.8) is 0 Å². The third kappa shape index (κ3) is 1.42. The second kappa shape index (κ2) is 3.33. The molecule has 2 atom stereocenters. The van der Waals surface area contributed by atoms with Crippen molar-refractivity contribution in [2.45, 2.75) is 0 Å². The summed E-state index contributed by atoms with van der Waals surface area (Å²) >= 11 is 2.05. The highest BCUT2D eigenvalue weighted by Crippen LogP contribution is 2.34.